The van der Waals surface area contributed by atoms with Crippen molar-refractivity contribution >= 4 is 16.6 Å². The number of nitrogens with zero attached hydrogens (tertiary/aromatic N) is 2. The van der Waals surface area contributed by atoms with Gasteiger partial charge in [-0.25, -0.2) is 0 Å². The van der Waals surface area contributed by atoms with E-state index >= 15 is 0 Å². The van der Waals surface area contributed by atoms with Crippen molar-refractivity contribution in [1.29, 1.82) is 0 Å². The van der Waals surface area contributed by atoms with Gasteiger partial charge in [-0.05, 0) is 43.0 Å². The van der Waals surface area contributed by atoms with Crippen molar-refractivity contribution in [2.45, 2.75) is 13.8 Å². The Hall–Kier alpha value is -2.55. The maximum absolute atomic E-state index is 12.8. The van der Waals surface area contributed by atoms with Crippen LogP contribution in [0, 0.1) is 13.8 Å². The van der Waals surface area contributed by atoms with Crippen LogP contribution in [0.15, 0.2) is 47.3 Å². The maximum Gasteiger partial charge on any atom is 0.258 e. The molecule has 0 amide bonds. The molecule has 2 aromatic carbocycles. The summed E-state index contributed by atoms with van der Waals surface area (Å²) in [5, 5.41) is 1.08. The molecule has 3 aromatic rings. The molecule has 3 nitrogen and oxygen atoms in total. The van der Waals surface area contributed by atoms with Crippen LogP contribution in [-0.4, -0.2) is 18.7 Å². The minimum absolute atomic E-state index is 0.0402. The van der Waals surface area contributed by atoms with Crippen molar-refractivity contribution in [3.8, 4) is 11.1 Å². The van der Waals surface area contributed by atoms with Crippen LogP contribution in [0.2, 0.25) is 0 Å². The molecule has 3 heteroatoms. The molecule has 0 N–H and O–H groups in total. The van der Waals surface area contributed by atoms with Crippen molar-refractivity contribution in [2.75, 3.05) is 19.0 Å². The second-order valence-electron chi connectivity index (χ2n) is 6.44. The van der Waals surface area contributed by atoms with Crippen LogP contribution in [0.3, 0.4) is 0 Å². The largest absolute Gasteiger partial charge is 0.378 e. The van der Waals surface area contributed by atoms with Crippen molar-refractivity contribution in [1.82, 2.24) is 4.57 Å². The van der Waals surface area contributed by atoms with E-state index in [2.05, 4.69) is 50.2 Å². The average Bonchev–Trinajstić information content (AvgIpc) is 2.49. The highest BCUT2D eigenvalue weighted by Gasteiger charge is 2.10. The summed E-state index contributed by atoms with van der Waals surface area (Å²) < 4.78 is 1.75. The third kappa shape index (κ3) is 2.74. The fourth-order valence-corrected chi connectivity index (χ4v) is 3.07. The maximum atomic E-state index is 12.8. The Morgan fingerprint density at radius 1 is 0.913 bits per heavy atom. The predicted octanol–water partition coefficient (Wildman–Crippen LogP) is 3.89. The Balaban J connectivity index is 2.30. The molecule has 0 spiro atoms. The standard InChI is InChI=1S/C20H22N2O/c1-13-8-14(2)10-16(9-13)18-11-15-6-7-17(21(3)4)12-19(15)22(5)20(18)23/h6-12H,1-5H3. The van der Waals surface area contributed by atoms with Crippen LogP contribution in [0.5, 0.6) is 0 Å². The zero-order valence-corrected chi connectivity index (χ0v) is 14.3. The van der Waals surface area contributed by atoms with Gasteiger partial charge in [0.2, 0.25) is 0 Å². The lowest BCUT2D eigenvalue weighted by molar-refractivity contribution is 0.908. The summed E-state index contributed by atoms with van der Waals surface area (Å²) in [5.74, 6) is 0. The Morgan fingerprint density at radius 3 is 2.17 bits per heavy atom. The quantitative estimate of drug-likeness (QED) is 0.717. The predicted molar refractivity (Wildman–Crippen MR) is 98.4 cm³/mol. The first kappa shape index (κ1) is 15.3. The van der Waals surface area contributed by atoms with Crippen LogP contribution in [0.1, 0.15) is 11.1 Å². The molecule has 118 valence electrons. The fourth-order valence-electron chi connectivity index (χ4n) is 3.07. The van der Waals surface area contributed by atoms with Crippen LogP contribution in [0.4, 0.5) is 5.69 Å². The Kier molecular flexibility index (Phi) is 3.72. The molecule has 0 aliphatic rings. The van der Waals surface area contributed by atoms with E-state index in [1.807, 2.05) is 32.1 Å². The molecular formula is C20H22N2O. The zero-order chi connectivity index (χ0) is 16.7. The van der Waals surface area contributed by atoms with E-state index in [-0.39, 0.29) is 5.56 Å². The lowest BCUT2D eigenvalue weighted by Gasteiger charge is -2.15. The Labute approximate surface area is 136 Å². The number of hydrogen-bond donors (Lipinski definition) is 0. The van der Waals surface area contributed by atoms with Gasteiger partial charge in [-0.3, -0.25) is 4.79 Å². The van der Waals surface area contributed by atoms with Gasteiger partial charge in [0.25, 0.3) is 5.56 Å². The average molecular weight is 306 g/mol. The lowest BCUT2D eigenvalue weighted by Crippen LogP contribution is -2.19. The van der Waals surface area contributed by atoms with Crippen LogP contribution < -0.4 is 10.5 Å². The third-order valence-corrected chi connectivity index (χ3v) is 4.26. The molecule has 0 bridgehead atoms. The SMILES string of the molecule is Cc1cc(C)cc(-c2cc3ccc(N(C)C)cc3n(C)c2=O)c1. The summed E-state index contributed by atoms with van der Waals surface area (Å²) in [6.07, 6.45) is 0. The summed E-state index contributed by atoms with van der Waals surface area (Å²) in [7, 11) is 5.85. The summed E-state index contributed by atoms with van der Waals surface area (Å²) in [4.78, 5) is 14.9. The number of fused-ring (bicyclic) bond motifs is 1. The number of anilines is 1. The highest BCUT2D eigenvalue weighted by molar-refractivity contribution is 5.87. The first-order valence-electron chi connectivity index (χ1n) is 7.76. The van der Waals surface area contributed by atoms with Gasteiger partial charge in [-0.1, -0.05) is 35.4 Å². The summed E-state index contributed by atoms with van der Waals surface area (Å²) in [5.41, 5.74) is 6.17. The number of pyridine rings is 1. The highest BCUT2D eigenvalue weighted by Crippen LogP contribution is 2.25. The van der Waals surface area contributed by atoms with Gasteiger partial charge in [0.05, 0.1) is 5.52 Å². The molecule has 0 aliphatic carbocycles. The van der Waals surface area contributed by atoms with E-state index in [4.69, 9.17) is 0 Å². The van der Waals surface area contributed by atoms with Crippen molar-refractivity contribution in [3.05, 3.63) is 63.9 Å². The minimum atomic E-state index is 0.0402. The van der Waals surface area contributed by atoms with E-state index in [1.165, 1.54) is 11.1 Å². The second kappa shape index (κ2) is 5.58. The van der Waals surface area contributed by atoms with E-state index in [0.717, 1.165) is 27.7 Å². The molecule has 0 unspecified atom stereocenters. The zero-order valence-electron chi connectivity index (χ0n) is 14.3. The van der Waals surface area contributed by atoms with Gasteiger partial charge >= 0.3 is 0 Å². The third-order valence-electron chi connectivity index (χ3n) is 4.26. The summed E-state index contributed by atoms with van der Waals surface area (Å²) in [6, 6.07) is 14.5. The summed E-state index contributed by atoms with van der Waals surface area (Å²) >= 11 is 0. The second-order valence-corrected chi connectivity index (χ2v) is 6.44. The lowest BCUT2D eigenvalue weighted by atomic mass is 10.00. The van der Waals surface area contributed by atoms with Crippen molar-refractivity contribution in [3.63, 3.8) is 0 Å². The van der Waals surface area contributed by atoms with E-state index < -0.39 is 0 Å². The molecule has 0 saturated carbocycles. The van der Waals surface area contributed by atoms with Crippen LogP contribution in [-0.2, 0) is 7.05 Å². The number of benzene rings is 2. The normalized spacial score (nSPS) is 11.0. The smallest absolute Gasteiger partial charge is 0.258 e. The minimum Gasteiger partial charge on any atom is -0.378 e. The van der Waals surface area contributed by atoms with Crippen molar-refractivity contribution in [2.24, 2.45) is 7.05 Å². The first-order valence-corrected chi connectivity index (χ1v) is 7.76. The molecule has 3 rings (SSSR count). The van der Waals surface area contributed by atoms with Crippen molar-refractivity contribution < 1.29 is 0 Å². The topological polar surface area (TPSA) is 25.2 Å². The molecule has 1 aromatic heterocycles. The molecular weight excluding hydrogens is 284 g/mol. The van der Waals surface area contributed by atoms with E-state index in [9.17, 15) is 4.79 Å². The van der Waals surface area contributed by atoms with Gasteiger partial charge in [0, 0.05) is 32.4 Å². The van der Waals surface area contributed by atoms with E-state index in [1.54, 1.807) is 4.57 Å². The van der Waals surface area contributed by atoms with Gasteiger partial charge in [0.1, 0.15) is 0 Å². The van der Waals surface area contributed by atoms with Crippen LogP contribution in [0.25, 0.3) is 22.0 Å². The fraction of sp³-hybridized carbons (Fsp3) is 0.250. The van der Waals surface area contributed by atoms with Gasteiger partial charge in [0.15, 0.2) is 0 Å². The molecule has 0 atom stereocenters. The number of aromatic nitrogens is 1. The Bertz CT molecular complexity index is 931. The molecule has 0 fully saturated rings. The molecule has 1 heterocycles. The number of rotatable bonds is 2. The molecule has 0 saturated heterocycles. The Morgan fingerprint density at radius 2 is 1.57 bits per heavy atom. The van der Waals surface area contributed by atoms with Gasteiger partial charge in [-0.15, -0.1) is 0 Å². The van der Waals surface area contributed by atoms with Gasteiger partial charge < -0.3 is 9.47 Å². The van der Waals surface area contributed by atoms with Gasteiger partial charge in [-0.2, -0.15) is 0 Å². The van der Waals surface area contributed by atoms with E-state index in [0.29, 0.717) is 0 Å². The molecule has 0 aliphatic heterocycles. The monoisotopic (exact) mass is 306 g/mol. The molecule has 23 heavy (non-hydrogen) atoms. The number of aryl methyl sites for hydroxylation is 3. The highest BCUT2D eigenvalue weighted by atomic mass is 16.1. The van der Waals surface area contributed by atoms with Crippen LogP contribution >= 0.6 is 0 Å². The molecule has 0 radical (unpaired) electrons. The number of hydrogen-bond acceptors (Lipinski definition) is 2. The first-order chi connectivity index (χ1) is 10.9. The summed E-state index contributed by atoms with van der Waals surface area (Å²) in [6.45, 7) is 4.12.